The first-order valence-electron chi connectivity index (χ1n) is 8.36. The number of ether oxygens (including phenoxy) is 2. The quantitative estimate of drug-likeness (QED) is 0.676. The zero-order valence-electron chi connectivity index (χ0n) is 16.1. The van der Waals surface area contributed by atoms with Gasteiger partial charge in [0.05, 0.1) is 5.69 Å². The van der Waals surface area contributed by atoms with Gasteiger partial charge in [-0.2, -0.15) is 17.5 Å². The molecule has 0 radical (unpaired) electrons. The predicted octanol–water partition coefficient (Wildman–Crippen LogP) is 4.45. The van der Waals surface area contributed by atoms with Crippen LogP contribution in [0.4, 0.5) is 18.0 Å². The highest BCUT2D eigenvalue weighted by Gasteiger charge is 2.45. The smallest absolute Gasteiger partial charge is 0.428 e. The van der Waals surface area contributed by atoms with Crippen LogP contribution in [0.25, 0.3) is 0 Å². The molecular weight excluding hydrogens is 385 g/mol. The second kappa shape index (κ2) is 6.96. The zero-order valence-corrected chi connectivity index (χ0v) is 16.9. The topological polar surface area (TPSA) is 68.7 Å². The standard InChI is InChI=1S/C17H23F3N2O4S/c1-15(2,3)25-13(23)10-11(21-27-12(10)17(18,19)20)9-7-22(8-9)14(24)26-16(4,5)6/h9H,7-8H2,1-6H3. The third-order valence-corrected chi connectivity index (χ3v) is 4.41. The van der Waals surface area contributed by atoms with Gasteiger partial charge in [0, 0.05) is 19.0 Å². The molecule has 1 amide bonds. The molecule has 1 fully saturated rings. The molecule has 1 aromatic rings. The number of hydrogen-bond donors (Lipinski definition) is 0. The van der Waals surface area contributed by atoms with E-state index in [1.165, 1.54) is 4.90 Å². The van der Waals surface area contributed by atoms with Crippen molar-refractivity contribution in [2.45, 2.75) is 64.8 Å². The van der Waals surface area contributed by atoms with Gasteiger partial charge >= 0.3 is 18.2 Å². The maximum atomic E-state index is 13.3. The molecule has 0 N–H and O–H groups in total. The number of likely N-dealkylation sites (tertiary alicyclic amines) is 1. The molecular formula is C17H23F3N2O4S. The molecule has 0 spiro atoms. The highest BCUT2D eigenvalue weighted by Crippen LogP contribution is 2.41. The molecule has 152 valence electrons. The molecule has 0 saturated carbocycles. The number of esters is 1. The van der Waals surface area contributed by atoms with E-state index < -0.39 is 45.8 Å². The molecule has 10 heteroatoms. The first kappa shape index (κ1) is 21.5. The Balaban J connectivity index is 2.23. The van der Waals surface area contributed by atoms with Crippen molar-refractivity contribution in [3.8, 4) is 0 Å². The summed E-state index contributed by atoms with van der Waals surface area (Å²) in [5, 5.41) is 0. The number of rotatable bonds is 2. The Labute approximate surface area is 159 Å². The van der Waals surface area contributed by atoms with Crippen molar-refractivity contribution in [3.05, 3.63) is 16.1 Å². The highest BCUT2D eigenvalue weighted by atomic mass is 32.1. The van der Waals surface area contributed by atoms with E-state index in [1.54, 1.807) is 41.5 Å². The fourth-order valence-electron chi connectivity index (χ4n) is 2.43. The normalized spacial score (nSPS) is 16.1. The number of nitrogens with zero attached hydrogens (tertiary/aromatic N) is 2. The van der Waals surface area contributed by atoms with Gasteiger partial charge in [-0.05, 0) is 53.1 Å². The average molecular weight is 408 g/mol. The lowest BCUT2D eigenvalue weighted by Gasteiger charge is -2.39. The summed E-state index contributed by atoms with van der Waals surface area (Å²) in [6.07, 6.45) is -5.26. The number of carbonyl (C=O) groups is 2. The number of alkyl halides is 3. The van der Waals surface area contributed by atoms with Gasteiger partial charge in [0.2, 0.25) is 0 Å². The van der Waals surface area contributed by atoms with Gasteiger partial charge in [-0.15, -0.1) is 0 Å². The maximum Gasteiger partial charge on any atom is 0.428 e. The van der Waals surface area contributed by atoms with Crippen LogP contribution in [-0.2, 0) is 15.7 Å². The summed E-state index contributed by atoms with van der Waals surface area (Å²) < 4.78 is 54.2. The summed E-state index contributed by atoms with van der Waals surface area (Å²) in [6, 6.07) is 0. The van der Waals surface area contributed by atoms with Crippen molar-refractivity contribution in [1.29, 1.82) is 0 Å². The Morgan fingerprint density at radius 1 is 1.04 bits per heavy atom. The van der Waals surface area contributed by atoms with Crippen LogP contribution in [0.5, 0.6) is 0 Å². The van der Waals surface area contributed by atoms with E-state index >= 15 is 0 Å². The van der Waals surface area contributed by atoms with Crippen molar-refractivity contribution in [2.75, 3.05) is 13.1 Å². The molecule has 0 aliphatic carbocycles. The van der Waals surface area contributed by atoms with Crippen molar-refractivity contribution in [2.24, 2.45) is 0 Å². The van der Waals surface area contributed by atoms with E-state index in [0.717, 1.165) is 0 Å². The Kier molecular flexibility index (Phi) is 5.53. The lowest BCUT2D eigenvalue weighted by molar-refractivity contribution is -0.135. The molecule has 0 bridgehead atoms. The van der Waals surface area contributed by atoms with Crippen molar-refractivity contribution in [3.63, 3.8) is 0 Å². The molecule has 0 atom stereocenters. The molecule has 1 aliphatic heterocycles. The Hall–Kier alpha value is -1.84. The SMILES string of the molecule is CC(C)(C)OC(=O)c1c(C2CN(C(=O)OC(C)(C)C)C2)nsc1C(F)(F)F. The van der Waals surface area contributed by atoms with E-state index in [-0.39, 0.29) is 30.3 Å². The lowest BCUT2D eigenvalue weighted by Crippen LogP contribution is -2.50. The van der Waals surface area contributed by atoms with E-state index in [1.807, 2.05) is 0 Å². The van der Waals surface area contributed by atoms with Crippen LogP contribution in [0.15, 0.2) is 0 Å². The van der Waals surface area contributed by atoms with Crippen LogP contribution in [0.3, 0.4) is 0 Å². The van der Waals surface area contributed by atoms with Crippen molar-refractivity contribution < 1.29 is 32.2 Å². The Bertz CT molecular complexity index is 726. The molecule has 2 heterocycles. The van der Waals surface area contributed by atoms with Gasteiger partial charge in [0.1, 0.15) is 21.6 Å². The average Bonchev–Trinajstić information content (AvgIpc) is 2.76. The Morgan fingerprint density at radius 3 is 2.00 bits per heavy atom. The number of carbonyl (C=O) groups excluding carboxylic acids is 2. The summed E-state index contributed by atoms with van der Waals surface area (Å²) >= 11 is 0.224. The summed E-state index contributed by atoms with van der Waals surface area (Å²) in [4.78, 5) is 24.7. The molecule has 0 aromatic carbocycles. The molecule has 1 aliphatic rings. The monoisotopic (exact) mass is 408 g/mol. The van der Waals surface area contributed by atoms with Gasteiger partial charge in [-0.1, -0.05) is 0 Å². The van der Waals surface area contributed by atoms with Crippen LogP contribution in [0.2, 0.25) is 0 Å². The van der Waals surface area contributed by atoms with Crippen LogP contribution in [0, 0.1) is 0 Å². The van der Waals surface area contributed by atoms with Crippen molar-refractivity contribution >= 4 is 23.6 Å². The van der Waals surface area contributed by atoms with Gasteiger partial charge in [-0.3, -0.25) is 0 Å². The lowest BCUT2D eigenvalue weighted by atomic mass is 9.93. The van der Waals surface area contributed by atoms with Crippen LogP contribution in [-0.4, -0.2) is 45.6 Å². The minimum atomic E-state index is -4.71. The first-order chi connectivity index (χ1) is 12.1. The number of hydrogen-bond acceptors (Lipinski definition) is 6. The molecule has 27 heavy (non-hydrogen) atoms. The summed E-state index contributed by atoms with van der Waals surface area (Å²) in [5.74, 6) is -1.54. The molecule has 6 nitrogen and oxygen atoms in total. The fraction of sp³-hybridized carbons (Fsp3) is 0.706. The summed E-state index contributed by atoms with van der Waals surface area (Å²) in [6.45, 7) is 10.1. The minimum absolute atomic E-state index is 0.0152. The van der Waals surface area contributed by atoms with E-state index in [0.29, 0.717) is 0 Å². The van der Waals surface area contributed by atoms with E-state index in [9.17, 15) is 22.8 Å². The van der Waals surface area contributed by atoms with Gasteiger partial charge in [0.15, 0.2) is 0 Å². The molecule has 1 aromatic heterocycles. The van der Waals surface area contributed by atoms with E-state index in [2.05, 4.69) is 4.37 Å². The predicted molar refractivity (Wildman–Crippen MR) is 92.8 cm³/mol. The third kappa shape index (κ3) is 5.33. The molecule has 1 saturated heterocycles. The first-order valence-corrected chi connectivity index (χ1v) is 9.14. The molecule has 0 unspecified atom stereocenters. The van der Waals surface area contributed by atoms with Gasteiger partial charge < -0.3 is 14.4 Å². The van der Waals surface area contributed by atoms with E-state index in [4.69, 9.17) is 9.47 Å². The highest BCUT2D eigenvalue weighted by molar-refractivity contribution is 7.06. The van der Waals surface area contributed by atoms with Crippen LogP contribution >= 0.6 is 11.5 Å². The fourth-order valence-corrected chi connectivity index (χ4v) is 3.24. The Morgan fingerprint density at radius 2 is 1.56 bits per heavy atom. The maximum absolute atomic E-state index is 13.3. The van der Waals surface area contributed by atoms with Gasteiger partial charge in [-0.25, -0.2) is 9.59 Å². The second-order valence-corrected chi connectivity index (χ2v) is 9.13. The molecule has 2 rings (SSSR count). The number of amides is 1. The third-order valence-electron chi connectivity index (χ3n) is 3.50. The minimum Gasteiger partial charge on any atom is -0.456 e. The number of halogens is 3. The van der Waals surface area contributed by atoms with Crippen LogP contribution in [0.1, 0.15) is 68.4 Å². The summed E-state index contributed by atoms with van der Waals surface area (Å²) in [5.41, 5.74) is -2.16. The van der Waals surface area contributed by atoms with Crippen molar-refractivity contribution in [1.82, 2.24) is 9.27 Å². The van der Waals surface area contributed by atoms with Gasteiger partial charge in [0.25, 0.3) is 0 Å². The largest absolute Gasteiger partial charge is 0.456 e. The van der Waals surface area contributed by atoms with Crippen LogP contribution < -0.4 is 0 Å². The number of aromatic nitrogens is 1. The zero-order chi connectivity index (χ0) is 20.8. The summed E-state index contributed by atoms with van der Waals surface area (Å²) in [7, 11) is 0. The second-order valence-electron chi connectivity index (χ2n) is 8.35.